The Morgan fingerprint density at radius 1 is 1.13 bits per heavy atom. The van der Waals surface area contributed by atoms with Gasteiger partial charge in [-0.3, -0.25) is 9.10 Å². The van der Waals surface area contributed by atoms with Crippen molar-refractivity contribution in [1.29, 1.82) is 0 Å². The Balaban J connectivity index is 2.28. The topological polar surface area (TPSA) is 84.9 Å². The van der Waals surface area contributed by atoms with Gasteiger partial charge >= 0.3 is 6.36 Å². The van der Waals surface area contributed by atoms with Crippen molar-refractivity contribution in [3.63, 3.8) is 0 Å². The third kappa shape index (κ3) is 6.02. The van der Waals surface area contributed by atoms with E-state index in [9.17, 15) is 26.4 Å². The molecule has 7 nitrogen and oxygen atoms in total. The molecule has 1 atom stereocenters. The van der Waals surface area contributed by atoms with E-state index in [2.05, 4.69) is 10.1 Å². The van der Waals surface area contributed by atoms with Crippen LogP contribution >= 0.6 is 0 Å². The average molecular weight is 446 g/mol. The molecule has 0 radical (unpaired) electrons. The fraction of sp³-hybridized carbons (Fsp3) is 0.316. The number of alkyl halides is 3. The minimum atomic E-state index is -4.83. The Bertz CT molecular complexity index is 1010. The van der Waals surface area contributed by atoms with Crippen LogP contribution in [0.3, 0.4) is 0 Å². The molecule has 1 amide bonds. The quantitative estimate of drug-likeness (QED) is 0.701. The zero-order valence-corrected chi connectivity index (χ0v) is 17.5. The minimum Gasteiger partial charge on any atom is -0.495 e. The van der Waals surface area contributed by atoms with Crippen LogP contribution in [0.4, 0.5) is 24.5 Å². The first-order chi connectivity index (χ1) is 13.8. The summed E-state index contributed by atoms with van der Waals surface area (Å²) in [6.45, 7) is 3.15. The van der Waals surface area contributed by atoms with Gasteiger partial charge in [-0.2, -0.15) is 0 Å². The van der Waals surface area contributed by atoms with E-state index < -0.39 is 34.1 Å². The Hall–Kier alpha value is -2.95. The number of hydrogen-bond donors (Lipinski definition) is 1. The number of halogens is 3. The Kier molecular flexibility index (Phi) is 6.86. The van der Waals surface area contributed by atoms with Crippen molar-refractivity contribution in [3.8, 4) is 11.5 Å². The molecule has 164 valence electrons. The van der Waals surface area contributed by atoms with E-state index in [4.69, 9.17) is 4.74 Å². The van der Waals surface area contributed by atoms with Gasteiger partial charge in [0.15, 0.2) is 0 Å². The lowest BCUT2D eigenvalue weighted by Crippen LogP contribution is -2.45. The number of sulfonamides is 1. The first kappa shape index (κ1) is 23.3. The van der Waals surface area contributed by atoms with E-state index >= 15 is 0 Å². The summed E-state index contributed by atoms with van der Waals surface area (Å²) in [5, 5.41) is 2.48. The second-order valence-corrected chi connectivity index (χ2v) is 8.33. The molecule has 2 aromatic rings. The highest BCUT2D eigenvalue weighted by Gasteiger charge is 2.32. The maximum atomic E-state index is 12.7. The van der Waals surface area contributed by atoms with E-state index in [1.807, 2.05) is 0 Å². The molecular weight excluding hydrogens is 425 g/mol. The zero-order chi connectivity index (χ0) is 22.7. The first-order valence-corrected chi connectivity index (χ1v) is 10.5. The van der Waals surface area contributed by atoms with Crippen molar-refractivity contribution in [3.05, 3.63) is 48.0 Å². The van der Waals surface area contributed by atoms with Gasteiger partial charge < -0.3 is 14.8 Å². The van der Waals surface area contributed by atoms with Gasteiger partial charge in [0.2, 0.25) is 15.9 Å². The molecule has 30 heavy (non-hydrogen) atoms. The Morgan fingerprint density at radius 2 is 1.73 bits per heavy atom. The smallest absolute Gasteiger partial charge is 0.495 e. The van der Waals surface area contributed by atoms with E-state index in [0.29, 0.717) is 0 Å². The van der Waals surface area contributed by atoms with E-state index in [0.717, 1.165) is 28.3 Å². The van der Waals surface area contributed by atoms with Crippen LogP contribution in [0.25, 0.3) is 0 Å². The highest BCUT2D eigenvalue weighted by Crippen LogP contribution is 2.33. The van der Waals surface area contributed by atoms with Crippen molar-refractivity contribution < 1.29 is 35.9 Å². The molecule has 0 spiro atoms. The summed E-state index contributed by atoms with van der Waals surface area (Å²) in [5.74, 6) is -0.872. The molecule has 0 aromatic heterocycles. The van der Waals surface area contributed by atoms with Crippen LogP contribution in [0.15, 0.2) is 42.5 Å². The molecular formula is C19H21F3N2O5S. The maximum absolute atomic E-state index is 12.7. The molecule has 0 saturated heterocycles. The second kappa shape index (κ2) is 8.82. The number of hydrogen-bond acceptors (Lipinski definition) is 5. The van der Waals surface area contributed by atoms with Crippen LogP contribution in [-0.4, -0.2) is 40.1 Å². The summed E-state index contributed by atoms with van der Waals surface area (Å²) in [7, 11) is -2.50. The fourth-order valence-corrected chi connectivity index (χ4v) is 3.91. The number of rotatable bonds is 7. The van der Waals surface area contributed by atoms with E-state index in [1.165, 1.54) is 26.2 Å². The van der Waals surface area contributed by atoms with Gasteiger partial charge in [-0.1, -0.05) is 6.07 Å². The van der Waals surface area contributed by atoms with Gasteiger partial charge in [0.25, 0.3) is 0 Å². The Labute approximate surface area is 172 Å². The molecule has 2 aromatic carbocycles. The normalized spacial score (nSPS) is 12.8. The number of carbonyl (C=O) groups is 1. The molecule has 0 bridgehead atoms. The third-order valence-electron chi connectivity index (χ3n) is 4.02. The molecule has 0 aliphatic rings. The largest absolute Gasteiger partial charge is 0.573 e. The van der Waals surface area contributed by atoms with Crippen LogP contribution in [0.1, 0.15) is 12.5 Å². The zero-order valence-electron chi connectivity index (χ0n) is 16.6. The maximum Gasteiger partial charge on any atom is 0.573 e. The molecule has 0 heterocycles. The highest BCUT2D eigenvalue weighted by atomic mass is 32.2. The number of nitrogens with one attached hydrogen (secondary N) is 1. The number of carbonyl (C=O) groups excluding carboxylic acids is 1. The monoisotopic (exact) mass is 446 g/mol. The van der Waals surface area contributed by atoms with E-state index in [1.54, 1.807) is 25.1 Å². The number of anilines is 2. The van der Waals surface area contributed by atoms with Crippen molar-refractivity contribution in [2.75, 3.05) is 23.0 Å². The summed E-state index contributed by atoms with van der Waals surface area (Å²) < 4.78 is 71.6. The first-order valence-electron chi connectivity index (χ1n) is 8.62. The third-order valence-corrected chi connectivity index (χ3v) is 5.24. The van der Waals surface area contributed by atoms with Crippen LogP contribution < -0.4 is 19.1 Å². The van der Waals surface area contributed by atoms with Gasteiger partial charge in [0.05, 0.1) is 19.1 Å². The van der Waals surface area contributed by atoms with Crippen LogP contribution in [-0.2, 0) is 14.8 Å². The lowest BCUT2D eigenvalue weighted by Gasteiger charge is -2.29. The SMILES string of the molecule is COc1ccc(C)cc1N([C@H](C)C(=O)Nc1ccc(OC(F)(F)F)cc1)S(C)(=O)=O. The number of ether oxygens (including phenoxy) is 2. The summed E-state index contributed by atoms with van der Waals surface area (Å²) in [6.07, 6.45) is -3.87. The van der Waals surface area contributed by atoms with E-state index in [-0.39, 0.29) is 17.1 Å². The molecule has 2 rings (SSSR count). The van der Waals surface area contributed by atoms with Gasteiger partial charge in [0.1, 0.15) is 17.5 Å². The second-order valence-electron chi connectivity index (χ2n) is 6.47. The Morgan fingerprint density at radius 3 is 2.23 bits per heavy atom. The summed E-state index contributed by atoms with van der Waals surface area (Å²) in [4.78, 5) is 12.7. The predicted molar refractivity (Wildman–Crippen MR) is 106 cm³/mol. The van der Waals surface area contributed by atoms with Crippen LogP contribution in [0, 0.1) is 6.92 Å². The molecule has 0 saturated carbocycles. The van der Waals surface area contributed by atoms with Gasteiger partial charge in [0, 0.05) is 5.69 Å². The minimum absolute atomic E-state index is 0.172. The average Bonchev–Trinajstić information content (AvgIpc) is 2.61. The number of aryl methyl sites for hydroxylation is 1. The fourth-order valence-electron chi connectivity index (χ4n) is 2.74. The van der Waals surface area contributed by atoms with Gasteiger partial charge in [-0.15, -0.1) is 13.2 Å². The summed E-state index contributed by atoms with van der Waals surface area (Å²) >= 11 is 0. The summed E-state index contributed by atoms with van der Waals surface area (Å²) in [5.41, 5.74) is 1.12. The van der Waals surface area contributed by atoms with Gasteiger partial charge in [-0.05, 0) is 55.8 Å². The number of nitrogens with zero attached hydrogens (tertiary/aromatic N) is 1. The van der Waals surface area contributed by atoms with Crippen molar-refractivity contribution in [1.82, 2.24) is 0 Å². The van der Waals surface area contributed by atoms with Crippen molar-refractivity contribution in [2.45, 2.75) is 26.3 Å². The van der Waals surface area contributed by atoms with Crippen LogP contribution in [0.2, 0.25) is 0 Å². The standard InChI is InChI=1S/C19H21F3N2O5S/c1-12-5-10-17(28-3)16(11-12)24(30(4,26)27)13(2)18(25)23-14-6-8-15(9-7-14)29-19(20,21)22/h5-11,13H,1-4H3,(H,23,25)/t13-/m1/s1. The highest BCUT2D eigenvalue weighted by molar-refractivity contribution is 7.92. The number of amides is 1. The van der Waals surface area contributed by atoms with Gasteiger partial charge in [-0.25, -0.2) is 8.42 Å². The molecule has 0 unspecified atom stereocenters. The molecule has 0 aliphatic carbocycles. The number of benzene rings is 2. The number of methoxy groups -OCH3 is 1. The molecule has 1 N–H and O–H groups in total. The molecule has 11 heteroatoms. The molecule has 0 fully saturated rings. The lowest BCUT2D eigenvalue weighted by molar-refractivity contribution is -0.274. The predicted octanol–water partition coefficient (Wildman–Crippen LogP) is 3.70. The molecule has 0 aliphatic heterocycles. The van der Waals surface area contributed by atoms with Crippen LogP contribution in [0.5, 0.6) is 11.5 Å². The lowest BCUT2D eigenvalue weighted by atomic mass is 10.2. The van der Waals surface area contributed by atoms with Crippen molar-refractivity contribution in [2.24, 2.45) is 0 Å². The summed E-state index contributed by atoms with van der Waals surface area (Å²) in [6, 6.07) is 8.21. The van der Waals surface area contributed by atoms with Crippen molar-refractivity contribution >= 4 is 27.3 Å².